The molecule has 1 aromatic carbocycles. The molecule has 0 aliphatic carbocycles. The number of nitrogens with zero attached hydrogens (tertiary/aromatic N) is 1. The zero-order chi connectivity index (χ0) is 18.4. The summed E-state index contributed by atoms with van der Waals surface area (Å²) in [4.78, 5) is 15.9. The number of benzene rings is 1. The van der Waals surface area contributed by atoms with Crippen LogP contribution >= 0.6 is 27.7 Å². The summed E-state index contributed by atoms with van der Waals surface area (Å²) in [5, 5.41) is 3.10. The number of aryl methyl sites for hydroxylation is 1. The van der Waals surface area contributed by atoms with Crippen LogP contribution in [0.15, 0.2) is 50.4 Å². The van der Waals surface area contributed by atoms with Gasteiger partial charge < -0.3 is 9.73 Å². The fraction of sp³-hybridized carbons (Fsp3) is 0.450. The lowest BCUT2D eigenvalue weighted by atomic mass is 10.1. The summed E-state index contributed by atoms with van der Waals surface area (Å²) in [6.45, 7) is 4.78. The molecule has 0 saturated carbocycles. The third kappa shape index (κ3) is 5.38. The molecule has 2 aromatic rings. The SMILES string of the molecule is Cc1cc(Br)ccc1SCC(=O)NC[C@H](c1ccco1)N1CCCCC1. The van der Waals surface area contributed by atoms with Crippen LogP contribution in [0, 0.1) is 6.92 Å². The van der Waals surface area contributed by atoms with Crippen LogP contribution in [-0.2, 0) is 4.79 Å². The average molecular weight is 437 g/mol. The van der Waals surface area contributed by atoms with Gasteiger partial charge in [0.15, 0.2) is 0 Å². The van der Waals surface area contributed by atoms with Crippen LogP contribution in [0.2, 0.25) is 0 Å². The van der Waals surface area contributed by atoms with Gasteiger partial charge in [-0.15, -0.1) is 11.8 Å². The maximum absolute atomic E-state index is 12.4. The quantitative estimate of drug-likeness (QED) is 0.633. The van der Waals surface area contributed by atoms with E-state index in [9.17, 15) is 4.79 Å². The van der Waals surface area contributed by atoms with Crippen molar-refractivity contribution in [2.24, 2.45) is 0 Å². The van der Waals surface area contributed by atoms with E-state index >= 15 is 0 Å². The Kier molecular flexibility index (Phi) is 7.23. The molecule has 1 N–H and O–H groups in total. The van der Waals surface area contributed by atoms with E-state index in [1.54, 1.807) is 18.0 Å². The second-order valence-electron chi connectivity index (χ2n) is 6.63. The Hall–Kier alpha value is -1.24. The summed E-state index contributed by atoms with van der Waals surface area (Å²) in [7, 11) is 0. The van der Waals surface area contributed by atoms with Gasteiger partial charge in [-0.1, -0.05) is 22.4 Å². The van der Waals surface area contributed by atoms with Crippen molar-refractivity contribution in [3.8, 4) is 0 Å². The molecule has 1 aliphatic rings. The highest BCUT2D eigenvalue weighted by Crippen LogP contribution is 2.26. The molecule has 6 heteroatoms. The molecule has 0 unspecified atom stereocenters. The van der Waals surface area contributed by atoms with Gasteiger partial charge in [-0.25, -0.2) is 0 Å². The molecule has 1 aliphatic heterocycles. The topological polar surface area (TPSA) is 45.5 Å². The third-order valence-corrected chi connectivity index (χ3v) is 6.36. The number of piperidine rings is 1. The Bertz CT molecular complexity index is 715. The molecule has 1 atom stereocenters. The summed E-state index contributed by atoms with van der Waals surface area (Å²) in [5.74, 6) is 1.42. The summed E-state index contributed by atoms with van der Waals surface area (Å²) in [6, 6.07) is 10.2. The summed E-state index contributed by atoms with van der Waals surface area (Å²) in [6.07, 6.45) is 5.42. The molecule has 1 saturated heterocycles. The van der Waals surface area contributed by atoms with Crippen molar-refractivity contribution in [2.45, 2.75) is 37.1 Å². The fourth-order valence-corrected chi connectivity index (χ4v) is 4.62. The normalized spacial score (nSPS) is 16.4. The van der Waals surface area contributed by atoms with E-state index in [0.717, 1.165) is 28.2 Å². The van der Waals surface area contributed by atoms with Gasteiger partial charge in [-0.2, -0.15) is 0 Å². The second kappa shape index (κ2) is 9.62. The van der Waals surface area contributed by atoms with Gasteiger partial charge in [0.2, 0.25) is 5.91 Å². The first-order valence-corrected chi connectivity index (χ1v) is 10.8. The van der Waals surface area contributed by atoms with Gasteiger partial charge >= 0.3 is 0 Å². The number of halogens is 1. The summed E-state index contributed by atoms with van der Waals surface area (Å²) < 4.78 is 6.70. The first kappa shape index (κ1) is 19.5. The lowest BCUT2D eigenvalue weighted by Gasteiger charge is -2.33. The van der Waals surface area contributed by atoms with Crippen LogP contribution in [0.5, 0.6) is 0 Å². The highest BCUT2D eigenvalue weighted by Gasteiger charge is 2.24. The van der Waals surface area contributed by atoms with E-state index in [2.05, 4.69) is 45.2 Å². The predicted molar refractivity (Wildman–Crippen MR) is 109 cm³/mol. The van der Waals surface area contributed by atoms with Crippen LogP contribution in [0.4, 0.5) is 0 Å². The minimum Gasteiger partial charge on any atom is -0.468 e. The molecule has 1 aromatic heterocycles. The number of likely N-dealkylation sites (tertiary alicyclic amines) is 1. The Morgan fingerprint density at radius 2 is 2.12 bits per heavy atom. The average Bonchev–Trinajstić information content (AvgIpc) is 3.16. The summed E-state index contributed by atoms with van der Waals surface area (Å²) >= 11 is 5.05. The number of nitrogens with one attached hydrogen (secondary N) is 1. The van der Waals surface area contributed by atoms with E-state index in [-0.39, 0.29) is 11.9 Å². The van der Waals surface area contributed by atoms with Gasteiger partial charge in [0.25, 0.3) is 0 Å². The number of carbonyl (C=O) groups excluding carboxylic acids is 1. The van der Waals surface area contributed by atoms with Gasteiger partial charge in [-0.05, 0) is 68.8 Å². The van der Waals surface area contributed by atoms with Crippen molar-refractivity contribution in [3.05, 3.63) is 52.4 Å². The van der Waals surface area contributed by atoms with E-state index in [1.807, 2.05) is 18.2 Å². The monoisotopic (exact) mass is 436 g/mol. The minimum absolute atomic E-state index is 0.0610. The van der Waals surface area contributed by atoms with Gasteiger partial charge in [-0.3, -0.25) is 9.69 Å². The molecule has 3 rings (SSSR count). The van der Waals surface area contributed by atoms with E-state index in [0.29, 0.717) is 12.3 Å². The smallest absolute Gasteiger partial charge is 0.230 e. The maximum Gasteiger partial charge on any atom is 0.230 e. The predicted octanol–water partition coefficient (Wildman–Crippen LogP) is 4.79. The highest BCUT2D eigenvalue weighted by atomic mass is 79.9. The van der Waals surface area contributed by atoms with E-state index in [4.69, 9.17) is 4.42 Å². The molecule has 1 fully saturated rings. The Morgan fingerprint density at radius 1 is 1.31 bits per heavy atom. The molecule has 140 valence electrons. The van der Waals surface area contributed by atoms with Crippen molar-refractivity contribution in [3.63, 3.8) is 0 Å². The number of carbonyl (C=O) groups is 1. The first-order chi connectivity index (χ1) is 12.6. The van der Waals surface area contributed by atoms with Crippen LogP contribution in [0.1, 0.15) is 36.6 Å². The lowest BCUT2D eigenvalue weighted by molar-refractivity contribution is -0.118. The molecule has 0 radical (unpaired) electrons. The molecule has 26 heavy (non-hydrogen) atoms. The molecule has 4 nitrogen and oxygen atoms in total. The largest absolute Gasteiger partial charge is 0.468 e. The zero-order valence-electron chi connectivity index (χ0n) is 15.0. The number of hydrogen-bond acceptors (Lipinski definition) is 4. The molecule has 0 spiro atoms. The maximum atomic E-state index is 12.4. The van der Waals surface area contributed by atoms with Gasteiger partial charge in [0.05, 0.1) is 18.1 Å². The van der Waals surface area contributed by atoms with E-state index in [1.165, 1.54) is 24.8 Å². The molecular weight excluding hydrogens is 412 g/mol. The first-order valence-electron chi connectivity index (χ1n) is 9.06. The minimum atomic E-state index is 0.0610. The molecule has 2 heterocycles. The second-order valence-corrected chi connectivity index (χ2v) is 8.56. The number of thioether (sulfide) groups is 1. The molecule has 1 amide bonds. The van der Waals surface area contributed by atoms with Crippen LogP contribution in [0.3, 0.4) is 0 Å². The summed E-state index contributed by atoms with van der Waals surface area (Å²) in [5.41, 5.74) is 1.18. The van der Waals surface area contributed by atoms with E-state index < -0.39 is 0 Å². The number of furan rings is 1. The van der Waals surface area contributed by atoms with Crippen molar-refractivity contribution in [1.82, 2.24) is 10.2 Å². The van der Waals surface area contributed by atoms with Crippen LogP contribution < -0.4 is 5.32 Å². The zero-order valence-corrected chi connectivity index (χ0v) is 17.4. The number of amides is 1. The number of rotatable bonds is 7. The Morgan fingerprint density at radius 3 is 2.81 bits per heavy atom. The van der Waals surface area contributed by atoms with Crippen molar-refractivity contribution < 1.29 is 9.21 Å². The molecule has 0 bridgehead atoms. The van der Waals surface area contributed by atoms with Crippen molar-refractivity contribution >= 4 is 33.6 Å². The fourth-order valence-electron chi connectivity index (χ4n) is 3.30. The van der Waals surface area contributed by atoms with Crippen LogP contribution in [0.25, 0.3) is 0 Å². The van der Waals surface area contributed by atoms with Gasteiger partial charge in [0.1, 0.15) is 5.76 Å². The Labute approximate surface area is 167 Å². The number of hydrogen-bond donors (Lipinski definition) is 1. The lowest BCUT2D eigenvalue weighted by Crippen LogP contribution is -2.40. The third-order valence-electron chi connectivity index (χ3n) is 4.69. The highest BCUT2D eigenvalue weighted by molar-refractivity contribution is 9.10. The Balaban J connectivity index is 1.53. The van der Waals surface area contributed by atoms with Gasteiger partial charge in [0, 0.05) is 15.9 Å². The molecular formula is C20H25BrN2O2S. The standard InChI is InChI=1S/C20H25BrN2O2S/c1-15-12-16(21)7-8-19(15)26-14-20(24)22-13-17(18-6-5-11-25-18)23-9-3-2-4-10-23/h5-8,11-12,17H,2-4,9-10,13-14H2,1H3,(H,22,24)/t17-/m1/s1. The van der Waals surface area contributed by atoms with Crippen molar-refractivity contribution in [1.29, 1.82) is 0 Å². The van der Waals surface area contributed by atoms with Crippen molar-refractivity contribution in [2.75, 3.05) is 25.4 Å². The van der Waals surface area contributed by atoms with Crippen LogP contribution in [-0.4, -0.2) is 36.2 Å².